The van der Waals surface area contributed by atoms with E-state index in [1.807, 2.05) is 18.2 Å². The molecule has 1 aromatic rings. The Morgan fingerprint density at radius 3 is 2.67 bits per heavy atom. The van der Waals surface area contributed by atoms with Crippen LogP contribution < -0.4 is 0 Å². The van der Waals surface area contributed by atoms with Gasteiger partial charge in [0.2, 0.25) is 0 Å². The van der Waals surface area contributed by atoms with Crippen molar-refractivity contribution in [2.24, 2.45) is 0 Å². The van der Waals surface area contributed by atoms with Gasteiger partial charge in [-0.25, -0.2) is 9.97 Å². The third kappa shape index (κ3) is 1.34. The van der Waals surface area contributed by atoms with Gasteiger partial charge in [0, 0.05) is 18.0 Å². The molecule has 0 radical (unpaired) electrons. The molecule has 60 valence electrons. The van der Waals surface area contributed by atoms with Gasteiger partial charge in [0.15, 0.2) is 0 Å². The van der Waals surface area contributed by atoms with Gasteiger partial charge in [-0.1, -0.05) is 6.08 Å². The maximum absolute atomic E-state index is 5.32. The molecule has 0 fully saturated rings. The van der Waals surface area contributed by atoms with Gasteiger partial charge in [-0.05, 0) is 12.2 Å². The molecule has 12 heavy (non-hydrogen) atoms. The van der Waals surface area contributed by atoms with Gasteiger partial charge < -0.3 is 4.74 Å². The number of allylic oxidation sites excluding steroid dienone is 2. The number of hydrogen-bond donors (Lipinski definition) is 0. The van der Waals surface area contributed by atoms with Gasteiger partial charge in [-0.15, -0.1) is 0 Å². The second-order valence-electron chi connectivity index (χ2n) is 2.44. The normalized spacial score (nSPS) is 20.5. The number of ether oxygens (including phenoxy) is 1. The third-order valence-corrected chi connectivity index (χ3v) is 1.61. The Balaban J connectivity index is 2.21. The van der Waals surface area contributed by atoms with Crippen molar-refractivity contribution in [1.82, 2.24) is 9.97 Å². The van der Waals surface area contributed by atoms with Crippen molar-refractivity contribution in [3.63, 3.8) is 0 Å². The van der Waals surface area contributed by atoms with Crippen LogP contribution in [0.5, 0.6) is 0 Å². The van der Waals surface area contributed by atoms with E-state index in [1.165, 1.54) is 6.33 Å². The molecule has 3 nitrogen and oxygen atoms in total. The van der Waals surface area contributed by atoms with E-state index in [0.717, 1.165) is 5.56 Å². The third-order valence-electron chi connectivity index (χ3n) is 1.61. The minimum absolute atomic E-state index is 0.0313. The van der Waals surface area contributed by atoms with E-state index in [-0.39, 0.29) is 6.10 Å². The molecule has 1 aliphatic heterocycles. The monoisotopic (exact) mass is 160 g/mol. The maximum Gasteiger partial charge on any atom is 0.144 e. The van der Waals surface area contributed by atoms with Crippen LogP contribution in [0.25, 0.3) is 0 Å². The second-order valence-corrected chi connectivity index (χ2v) is 2.44. The fraction of sp³-hybridized carbons (Fsp3) is 0.111. The first-order valence-electron chi connectivity index (χ1n) is 3.70. The Morgan fingerprint density at radius 2 is 2.00 bits per heavy atom. The predicted molar refractivity (Wildman–Crippen MR) is 44.1 cm³/mol. The molecule has 0 aromatic carbocycles. The molecule has 0 N–H and O–H groups in total. The molecule has 0 saturated heterocycles. The quantitative estimate of drug-likeness (QED) is 0.626. The van der Waals surface area contributed by atoms with E-state index in [4.69, 9.17) is 4.74 Å². The fourth-order valence-corrected chi connectivity index (χ4v) is 1.03. The first-order chi connectivity index (χ1) is 5.97. The van der Waals surface area contributed by atoms with Crippen molar-refractivity contribution in [3.05, 3.63) is 48.8 Å². The first-order valence-corrected chi connectivity index (χ1v) is 3.70. The number of aromatic nitrogens is 2. The summed E-state index contributed by atoms with van der Waals surface area (Å²) in [4.78, 5) is 7.82. The van der Waals surface area contributed by atoms with E-state index in [1.54, 1.807) is 18.7 Å². The smallest absolute Gasteiger partial charge is 0.144 e. The van der Waals surface area contributed by atoms with E-state index in [0.29, 0.717) is 0 Å². The standard InChI is InChI=1S/C9H8N2O/c1-2-4-12-9(3-1)8-5-10-7-11-6-8/h1-7,9H. The van der Waals surface area contributed by atoms with Crippen molar-refractivity contribution in [1.29, 1.82) is 0 Å². The topological polar surface area (TPSA) is 35.0 Å². The van der Waals surface area contributed by atoms with Crippen LogP contribution in [-0.2, 0) is 4.74 Å². The summed E-state index contributed by atoms with van der Waals surface area (Å²) < 4.78 is 5.32. The Labute approximate surface area is 70.4 Å². The Hall–Kier alpha value is -1.64. The van der Waals surface area contributed by atoms with Crippen molar-refractivity contribution in [2.45, 2.75) is 6.10 Å². The zero-order valence-corrected chi connectivity index (χ0v) is 6.42. The van der Waals surface area contributed by atoms with Crippen LogP contribution in [0.4, 0.5) is 0 Å². The lowest BCUT2D eigenvalue weighted by Gasteiger charge is -2.13. The molecular formula is C9H8N2O. The van der Waals surface area contributed by atoms with Crippen LogP contribution in [0.2, 0.25) is 0 Å². The summed E-state index contributed by atoms with van der Waals surface area (Å²) >= 11 is 0. The molecule has 3 heteroatoms. The van der Waals surface area contributed by atoms with Gasteiger partial charge in [0.25, 0.3) is 0 Å². The van der Waals surface area contributed by atoms with Crippen LogP contribution in [0, 0.1) is 0 Å². The molecule has 1 aromatic heterocycles. The minimum atomic E-state index is -0.0313. The van der Waals surface area contributed by atoms with Crippen LogP contribution in [0.3, 0.4) is 0 Å². The molecule has 0 aliphatic carbocycles. The van der Waals surface area contributed by atoms with Gasteiger partial charge in [-0.3, -0.25) is 0 Å². The minimum Gasteiger partial charge on any atom is -0.489 e. The first kappa shape index (κ1) is 7.03. The van der Waals surface area contributed by atoms with Crippen molar-refractivity contribution in [3.8, 4) is 0 Å². The highest BCUT2D eigenvalue weighted by Crippen LogP contribution is 2.19. The molecular weight excluding hydrogens is 152 g/mol. The van der Waals surface area contributed by atoms with Crippen molar-refractivity contribution < 1.29 is 4.74 Å². The van der Waals surface area contributed by atoms with Crippen molar-refractivity contribution >= 4 is 0 Å². The average Bonchev–Trinajstić information content (AvgIpc) is 2.21. The summed E-state index contributed by atoms with van der Waals surface area (Å²) in [5, 5.41) is 0. The summed E-state index contributed by atoms with van der Waals surface area (Å²) in [5.41, 5.74) is 0.970. The average molecular weight is 160 g/mol. The SMILES string of the molecule is C1=COC(c2cncnc2)C=C1. The van der Waals surface area contributed by atoms with E-state index >= 15 is 0 Å². The highest BCUT2D eigenvalue weighted by molar-refractivity contribution is 5.18. The highest BCUT2D eigenvalue weighted by Gasteiger charge is 2.08. The molecule has 1 aliphatic rings. The predicted octanol–water partition coefficient (Wildman–Crippen LogP) is 1.62. The Kier molecular flexibility index (Phi) is 1.86. The molecule has 0 amide bonds. The van der Waals surface area contributed by atoms with Crippen LogP contribution in [0.1, 0.15) is 11.7 Å². The van der Waals surface area contributed by atoms with Crippen molar-refractivity contribution in [2.75, 3.05) is 0 Å². The maximum atomic E-state index is 5.32. The molecule has 2 heterocycles. The van der Waals surface area contributed by atoms with Gasteiger partial charge in [0.05, 0.1) is 6.26 Å². The summed E-state index contributed by atoms with van der Waals surface area (Å²) in [6.07, 6.45) is 12.4. The van der Waals surface area contributed by atoms with Crippen LogP contribution >= 0.6 is 0 Å². The lowest BCUT2D eigenvalue weighted by molar-refractivity contribution is 0.185. The Morgan fingerprint density at radius 1 is 1.17 bits per heavy atom. The summed E-state index contributed by atoms with van der Waals surface area (Å²) in [7, 11) is 0. The zero-order chi connectivity index (χ0) is 8.23. The molecule has 0 spiro atoms. The second kappa shape index (κ2) is 3.17. The van der Waals surface area contributed by atoms with Gasteiger partial charge >= 0.3 is 0 Å². The van der Waals surface area contributed by atoms with Gasteiger partial charge in [0.1, 0.15) is 12.4 Å². The largest absolute Gasteiger partial charge is 0.489 e. The molecule has 0 bridgehead atoms. The lowest BCUT2D eigenvalue weighted by Crippen LogP contribution is -2.00. The fourth-order valence-electron chi connectivity index (χ4n) is 1.03. The molecule has 1 atom stereocenters. The summed E-state index contributed by atoms with van der Waals surface area (Å²) in [5.74, 6) is 0. The Bertz CT molecular complexity index is 306. The summed E-state index contributed by atoms with van der Waals surface area (Å²) in [6.45, 7) is 0. The summed E-state index contributed by atoms with van der Waals surface area (Å²) in [6, 6.07) is 0. The van der Waals surface area contributed by atoms with Crippen LogP contribution in [-0.4, -0.2) is 9.97 Å². The van der Waals surface area contributed by atoms with E-state index < -0.39 is 0 Å². The zero-order valence-electron chi connectivity index (χ0n) is 6.42. The number of nitrogens with zero attached hydrogens (tertiary/aromatic N) is 2. The van der Waals surface area contributed by atoms with Crippen LogP contribution in [0.15, 0.2) is 43.2 Å². The molecule has 2 rings (SSSR count). The number of rotatable bonds is 1. The van der Waals surface area contributed by atoms with E-state index in [2.05, 4.69) is 9.97 Å². The highest BCUT2D eigenvalue weighted by atomic mass is 16.5. The van der Waals surface area contributed by atoms with Gasteiger partial charge in [-0.2, -0.15) is 0 Å². The molecule has 1 unspecified atom stereocenters. The molecule has 0 saturated carbocycles. The van der Waals surface area contributed by atoms with E-state index in [9.17, 15) is 0 Å². The number of hydrogen-bond acceptors (Lipinski definition) is 3. The lowest BCUT2D eigenvalue weighted by atomic mass is 10.1.